The van der Waals surface area contributed by atoms with Crippen LogP contribution in [0.2, 0.25) is 39.3 Å². The number of nitrogens with zero attached hydrogens (tertiary/aromatic N) is 3. The Kier molecular flexibility index (Phi) is 12.4. The normalized spacial score (nSPS) is 12.7. The zero-order chi connectivity index (χ0) is 53.1. The fourth-order valence-corrected chi connectivity index (χ4v) is 14.5. The summed E-state index contributed by atoms with van der Waals surface area (Å²) >= 11 is 0. The van der Waals surface area contributed by atoms with Gasteiger partial charge in [-0.25, -0.2) is 0 Å². The Hall–Kier alpha value is -8.68. The molecular weight excluding hydrogens is 974 g/mol. The minimum Gasteiger partial charge on any atom is -0.310 e. The van der Waals surface area contributed by atoms with E-state index in [-0.39, 0.29) is 6.71 Å². The first-order valence-electron chi connectivity index (χ1n) is 27.5. The molecule has 13 rings (SSSR count). The Morgan fingerprint density at radius 2 is 0.603 bits per heavy atom. The number of para-hydroxylation sites is 4. The van der Waals surface area contributed by atoms with Gasteiger partial charge >= 0.3 is 0 Å². The molecule has 376 valence electrons. The fourth-order valence-electron chi connectivity index (χ4n) is 12.1. The van der Waals surface area contributed by atoms with Gasteiger partial charge < -0.3 is 14.7 Å². The number of rotatable bonds is 11. The zero-order valence-electron chi connectivity index (χ0n) is 45.3. The highest BCUT2D eigenvalue weighted by atomic mass is 28.3. The third kappa shape index (κ3) is 8.62. The van der Waals surface area contributed by atoms with Gasteiger partial charge in [0.25, 0.3) is 6.71 Å². The standard InChI is InChI=1S/C72H62BN3Si2/c1-77(2,3)58-43-45-66-64(49-58)73-65-50-59(78(4,5)6)44-46-67(65)76(72-62(53-31-17-9-18-32-53)41-26-42-63(72)54-33-19-10-20-34-54)69-48-57(74(55-35-21-11-22-36-55)56-37-23-12-24-38-56)47-68(70(69)73)75(66)71-60(51-27-13-7-14-28-51)39-25-40-61(71)52-29-15-8-16-30-52/h7-50H,1-6H3. The Morgan fingerprint density at radius 1 is 0.295 bits per heavy atom. The van der Waals surface area contributed by atoms with Gasteiger partial charge in [-0.1, -0.05) is 268 Å². The van der Waals surface area contributed by atoms with Crippen LogP contribution < -0.4 is 41.5 Å². The van der Waals surface area contributed by atoms with Crippen molar-refractivity contribution in [3.05, 3.63) is 267 Å². The molecule has 0 N–H and O–H groups in total. The highest BCUT2D eigenvalue weighted by Gasteiger charge is 2.46. The SMILES string of the molecule is C[Si](C)(C)c1ccc2c(c1)B1c3cc([Si](C)(C)C)ccc3N(c3c(-c4ccccc4)cccc3-c3ccccc3)c3cc(N(c4ccccc4)c4ccccc4)cc(c31)N2c1c(-c2ccccc2)cccc1-c1ccccc1. The molecule has 0 spiro atoms. The molecule has 0 aromatic heterocycles. The summed E-state index contributed by atoms with van der Waals surface area (Å²) in [6.45, 7) is 14.9. The molecule has 0 radical (unpaired) electrons. The summed E-state index contributed by atoms with van der Waals surface area (Å²) in [6.07, 6.45) is 0. The molecule has 0 atom stereocenters. The lowest BCUT2D eigenvalue weighted by Gasteiger charge is -2.46. The van der Waals surface area contributed by atoms with Crippen molar-refractivity contribution in [1.29, 1.82) is 0 Å². The van der Waals surface area contributed by atoms with E-state index < -0.39 is 16.1 Å². The van der Waals surface area contributed by atoms with Gasteiger partial charge in [0.15, 0.2) is 0 Å². The number of benzene rings is 11. The first kappa shape index (κ1) is 48.9. The van der Waals surface area contributed by atoms with E-state index in [1.165, 1.54) is 82.6 Å². The van der Waals surface area contributed by atoms with Crippen molar-refractivity contribution in [2.24, 2.45) is 0 Å². The molecule has 11 aromatic carbocycles. The fraction of sp³-hybridized carbons (Fsp3) is 0.0833. The van der Waals surface area contributed by atoms with Crippen LogP contribution in [0, 0.1) is 0 Å². The van der Waals surface area contributed by atoms with E-state index in [1.807, 2.05) is 0 Å². The molecule has 3 nitrogen and oxygen atoms in total. The van der Waals surface area contributed by atoms with Crippen molar-refractivity contribution in [1.82, 2.24) is 0 Å². The smallest absolute Gasteiger partial charge is 0.252 e. The molecule has 78 heavy (non-hydrogen) atoms. The van der Waals surface area contributed by atoms with Crippen LogP contribution in [0.15, 0.2) is 267 Å². The molecule has 0 unspecified atom stereocenters. The highest BCUT2D eigenvalue weighted by molar-refractivity contribution is 7.01. The van der Waals surface area contributed by atoms with Crippen molar-refractivity contribution < 1.29 is 0 Å². The summed E-state index contributed by atoms with van der Waals surface area (Å²) in [7, 11) is -3.73. The number of fused-ring (bicyclic) bond motifs is 4. The average Bonchev–Trinajstić information content (AvgIpc) is 3.63. The average molecular weight is 1040 g/mol. The quantitative estimate of drug-likeness (QED) is 0.120. The van der Waals surface area contributed by atoms with E-state index in [2.05, 4.69) is 321 Å². The van der Waals surface area contributed by atoms with E-state index >= 15 is 0 Å². The minimum atomic E-state index is -1.87. The first-order chi connectivity index (χ1) is 38.0. The summed E-state index contributed by atoms with van der Waals surface area (Å²) in [4.78, 5) is 7.81. The van der Waals surface area contributed by atoms with Crippen LogP contribution in [0.4, 0.5) is 51.2 Å². The van der Waals surface area contributed by atoms with Gasteiger partial charge in [-0.2, -0.15) is 0 Å². The molecule has 0 saturated heterocycles. The molecule has 11 aromatic rings. The highest BCUT2D eigenvalue weighted by Crippen LogP contribution is 2.54. The predicted octanol–water partition coefficient (Wildman–Crippen LogP) is 17.0. The van der Waals surface area contributed by atoms with E-state index in [1.54, 1.807) is 0 Å². The van der Waals surface area contributed by atoms with Crippen molar-refractivity contribution in [3.8, 4) is 44.5 Å². The third-order valence-electron chi connectivity index (χ3n) is 15.9. The Morgan fingerprint density at radius 3 is 0.910 bits per heavy atom. The second-order valence-electron chi connectivity index (χ2n) is 22.9. The molecule has 0 saturated carbocycles. The maximum absolute atomic E-state index is 2.67. The Balaban J connectivity index is 1.25. The van der Waals surface area contributed by atoms with E-state index in [4.69, 9.17) is 0 Å². The molecular formula is C72H62BN3Si2. The second kappa shape index (κ2) is 19.7. The third-order valence-corrected chi connectivity index (χ3v) is 20.0. The minimum absolute atomic E-state index is 0.0934. The molecule has 2 heterocycles. The lowest BCUT2D eigenvalue weighted by atomic mass is 9.33. The van der Waals surface area contributed by atoms with Crippen molar-refractivity contribution in [3.63, 3.8) is 0 Å². The van der Waals surface area contributed by atoms with Crippen molar-refractivity contribution in [2.45, 2.75) is 39.3 Å². The van der Waals surface area contributed by atoms with Crippen LogP contribution >= 0.6 is 0 Å². The largest absolute Gasteiger partial charge is 0.310 e. The molecule has 0 amide bonds. The predicted molar refractivity (Wildman–Crippen MR) is 343 cm³/mol. The van der Waals surface area contributed by atoms with Gasteiger partial charge in [0.2, 0.25) is 0 Å². The maximum atomic E-state index is 2.67. The van der Waals surface area contributed by atoms with Crippen molar-refractivity contribution in [2.75, 3.05) is 14.7 Å². The molecule has 6 heteroatoms. The number of anilines is 9. The molecule has 2 aliphatic rings. The molecule has 0 aliphatic carbocycles. The van der Waals surface area contributed by atoms with Gasteiger partial charge in [-0.05, 0) is 87.2 Å². The van der Waals surface area contributed by atoms with E-state index in [0.717, 1.165) is 39.8 Å². The second-order valence-corrected chi connectivity index (χ2v) is 33.1. The zero-order valence-corrected chi connectivity index (χ0v) is 47.3. The van der Waals surface area contributed by atoms with Crippen LogP contribution in [0.3, 0.4) is 0 Å². The van der Waals surface area contributed by atoms with Gasteiger partial charge in [0, 0.05) is 56.4 Å². The van der Waals surface area contributed by atoms with Crippen molar-refractivity contribution >= 4 is 101 Å². The maximum Gasteiger partial charge on any atom is 0.252 e. The van der Waals surface area contributed by atoms with Gasteiger partial charge in [-0.15, -0.1) is 0 Å². The first-order valence-corrected chi connectivity index (χ1v) is 34.5. The lowest BCUT2D eigenvalue weighted by Crippen LogP contribution is -2.63. The van der Waals surface area contributed by atoms with Crippen LogP contribution in [-0.4, -0.2) is 22.9 Å². The van der Waals surface area contributed by atoms with Gasteiger partial charge in [0.05, 0.1) is 33.2 Å². The van der Waals surface area contributed by atoms with E-state index in [9.17, 15) is 0 Å². The summed E-state index contributed by atoms with van der Waals surface area (Å²) in [5.74, 6) is 0. The summed E-state index contributed by atoms with van der Waals surface area (Å²) in [5.41, 5.74) is 23.6. The topological polar surface area (TPSA) is 9.72 Å². The number of hydrogen-bond donors (Lipinski definition) is 0. The molecule has 0 bridgehead atoms. The van der Waals surface area contributed by atoms with Crippen LogP contribution in [0.1, 0.15) is 0 Å². The van der Waals surface area contributed by atoms with Crippen LogP contribution in [0.25, 0.3) is 44.5 Å². The van der Waals surface area contributed by atoms with Crippen LogP contribution in [-0.2, 0) is 0 Å². The number of hydrogen-bond acceptors (Lipinski definition) is 3. The van der Waals surface area contributed by atoms with Gasteiger partial charge in [0.1, 0.15) is 0 Å². The Labute approximate surface area is 463 Å². The molecule has 0 fully saturated rings. The van der Waals surface area contributed by atoms with Gasteiger partial charge in [-0.3, -0.25) is 0 Å². The van der Waals surface area contributed by atoms with Crippen LogP contribution in [0.5, 0.6) is 0 Å². The lowest BCUT2D eigenvalue weighted by molar-refractivity contribution is 1.23. The summed E-state index contributed by atoms with van der Waals surface area (Å²) in [5, 5.41) is 2.90. The summed E-state index contributed by atoms with van der Waals surface area (Å²) < 4.78 is 0. The Bertz CT molecular complexity index is 3620. The summed E-state index contributed by atoms with van der Waals surface area (Å²) in [6, 6.07) is 99.9. The molecule has 2 aliphatic heterocycles. The van der Waals surface area contributed by atoms with E-state index in [0.29, 0.717) is 0 Å². The monoisotopic (exact) mass is 1040 g/mol.